The Morgan fingerprint density at radius 3 is 2.57 bits per heavy atom. The van der Waals surface area contributed by atoms with Gasteiger partial charge in [-0.25, -0.2) is 4.98 Å². The van der Waals surface area contributed by atoms with Crippen molar-refractivity contribution in [3.63, 3.8) is 0 Å². The fraction of sp³-hybridized carbons (Fsp3) is 0.273. The topological polar surface area (TPSA) is 72.5 Å². The normalized spacial score (nSPS) is 14.8. The van der Waals surface area contributed by atoms with Crippen molar-refractivity contribution in [3.8, 4) is 22.8 Å². The Balaban J connectivity index is 0.00000128. The van der Waals surface area contributed by atoms with Gasteiger partial charge in [-0.05, 0) is 30.3 Å². The number of pyridine rings is 1. The fourth-order valence-corrected chi connectivity index (χ4v) is 3.54. The lowest BCUT2D eigenvalue weighted by Gasteiger charge is -2.27. The standard InChI is InChI=1S/C22H21N3O3.2ClH/c26-22(24-13-14-11-23-12-14)17-10-19(25-18-4-2-1-3-16(17)18)15-5-6-20-21(9-15)28-8-7-27-20;;/h1-6,9-10,14,23H,7-8,11-13H2,(H,24,26);2*1H. The van der Waals surface area contributed by atoms with Crippen LogP contribution in [-0.4, -0.2) is 43.7 Å². The molecule has 6 nitrogen and oxygen atoms in total. The van der Waals surface area contributed by atoms with Gasteiger partial charge in [0.15, 0.2) is 11.5 Å². The zero-order chi connectivity index (χ0) is 18.9. The van der Waals surface area contributed by atoms with E-state index in [2.05, 4.69) is 10.6 Å². The molecule has 0 bridgehead atoms. The molecule has 8 heteroatoms. The summed E-state index contributed by atoms with van der Waals surface area (Å²) in [6.45, 7) is 3.69. The first-order chi connectivity index (χ1) is 13.8. The number of halogens is 2. The third kappa shape index (κ3) is 4.31. The van der Waals surface area contributed by atoms with Gasteiger partial charge in [-0.15, -0.1) is 24.8 Å². The van der Waals surface area contributed by atoms with Crippen LogP contribution in [0, 0.1) is 5.92 Å². The van der Waals surface area contributed by atoms with Gasteiger partial charge in [-0.3, -0.25) is 4.79 Å². The third-order valence-electron chi connectivity index (χ3n) is 5.22. The minimum Gasteiger partial charge on any atom is -0.486 e. The second-order valence-electron chi connectivity index (χ2n) is 7.16. The van der Waals surface area contributed by atoms with Crippen molar-refractivity contribution in [2.75, 3.05) is 32.8 Å². The van der Waals surface area contributed by atoms with Crippen molar-refractivity contribution >= 4 is 41.6 Å². The number of hydrogen-bond donors (Lipinski definition) is 2. The Morgan fingerprint density at radius 1 is 1.03 bits per heavy atom. The number of benzene rings is 2. The van der Waals surface area contributed by atoms with E-state index in [1.165, 1.54) is 0 Å². The number of carbonyl (C=O) groups is 1. The molecule has 0 unspecified atom stereocenters. The van der Waals surface area contributed by atoms with E-state index < -0.39 is 0 Å². The van der Waals surface area contributed by atoms with Gasteiger partial charge in [-0.2, -0.15) is 0 Å². The summed E-state index contributed by atoms with van der Waals surface area (Å²) in [6, 6.07) is 15.4. The smallest absolute Gasteiger partial charge is 0.252 e. The van der Waals surface area contributed by atoms with E-state index in [1.54, 1.807) is 0 Å². The molecule has 0 spiro atoms. The Labute approximate surface area is 187 Å². The molecular formula is C22H23Cl2N3O3. The highest BCUT2D eigenvalue weighted by molar-refractivity contribution is 6.07. The number of rotatable bonds is 4. The highest BCUT2D eigenvalue weighted by Crippen LogP contribution is 2.35. The summed E-state index contributed by atoms with van der Waals surface area (Å²) in [7, 11) is 0. The monoisotopic (exact) mass is 447 g/mol. The molecule has 2 aliphatic rings. The summed E-state index contributed by atoms with van der Waals surface area (Å²) >= 11 is 0. The van der Waals surface area contributed by atoms with E-state index in [-0.39, 0.29) is 30.7 Å². The molecule has 0 radical (unpaired) electrons. The van der Waals surface area contributed by atoms with Crippen LogP contribution in [-0.2, 0) is 0 Å². The van der Waals surface area contributed by atoms with Gasteiger partial charge in [0, 0.05) is 36.5 Å². The maximum Gasteiger partial charge on any atom is 0.252 e. The lowest BCUT2D eigenvalue weighted by Crippen LogP contribution is -2.48. The molecular weight excluding hydrogens is 425 g/mol. The lowest BCUT2D eigenvalue weighted by atomic mass is 10.0. The van der Waals surface area contributed by atoms with Crippen LogP contribution in [0.2, 0.25) is 0 Å². The van der Waals surface area contributed by atoms with Crippen LogP contribution in [0.15, 0.2) is 48.5 Å². The minimum absolute atomic E-state index is 0. The molecule has 5 rings (SSSR count). The molecule has 158 valence electrons. The Kier molecular flexibility index (Phi) is 7.02. The van der Waals surface area contributed by atoms with Crippen LogP contribution in [0.4, 0.5) is 0 Å². The number of aromatic nitrogens is 1. The molecule has 0 saturated carbocycles. The van der Waals surface area contributed by atoms with Crippen molar-refractivity contribution < 1.29 is 14.3 Å². The van der Waals surface area contributed by atoms with E-state index in [0.29, 0.717) is 37.0 Å². The van der Waals surface area contributed by atoms with Crippen molar-refractivity contribution in [2.45, 2.75) is 0 Å². The van der Waals surface area contributed by atoms with Gasteiger partial charge < -0.3 is 20.1 Å². The summed E-state index contributed by atoms with van der Waals surface area (Å²) in [5, 5.41) is 7.15. The van der Waals surface area contributed by atoms with E-state index in [4.69, 9.17) is 14.5 Å². The predicted molar refractivity (Wildman–Crippen MR) is 121 cm³/mol. The average molecular weight is 448 g/mol. The Morgan fingerprint density at radius 2 is 1.80 bits per heavy atom. The van der Waals surface area contributed by atoms with Crippen LogP contribution in [0.5, 0.6) is 11.5 Å². The predicted octanol–water partition coefficient (Wildman–Crippen LogP) is 3.47. The number of amides is 1. The molecule has 0 aliphatic carbocycles. The molecule has 2 aliphatic heterocycles. The van der Waals surface area contributed by atoms with Gasteiger partial charge in [0.1, 0.15) is 13.2 Å². The lowest BCUT2D eigenvalue weighted by molar-refractivity contribution is 0.0944. The number of hydrogen-bond acceptors (Lipinski definition) is 5. The van der Waals surface area contributed by atoms with E-state index in [0.717, 1.165) is 41.0 Å². The molecule has 2 aromatic carbocycles. The molecule has 2 N–H and O–H groups in total. The maximum absolute atomic E-state index is 12.9. The Hall–Kier alpha value is -2.54. The van der Waals surface area contributed by atoms with Gasteiger partial charge in [0.2, 0.25) is 0 Å². The third-order valence-corrected chi connectivity index (χ3v) is 5.22. The second-order valence-corrected chi connectivity index (χ2v) is 7.16. The zero-order valence-electron chi connectivity index (χ0n) is 16.2. The van der Waals surface area contributed by atoms with Crippen LogP contribution in [0.1, 0.15) is 10.4 Å². The molecule has 30 heavy (non-hydrogen) atoms. The summed E-state index contributed by atoms with van der Waals surface area (Å²) < 4.78 is 11.3. The SMILES string of the molecule is Cl.Cl.O=C(NCC1CNC1)c1cc(-c2ccc3c(c2)OCCO3)nc2ccccc12. The van der Waals surface area contributed by atoms with Gasteiger partial charge >= 0.3 is 0 Å². The molecule has 0 atom stereocenters. The van der Waals surface area contributed by atoms with Crippen molar-refractivity contribution in [2.24, 2.45) is 5.92 Å². The summed E-state index contributed by atoms with van der Waals surface area (Å²) in [6.07, 6.45) is 0. The Bertz CT molecular complexity index is 1060. The van der Waals surface area contributed by atoms with E-state index in [1.807, 2.05) is 48.5 Å². The number of nitrogens with one attached hydrogen (secondary N) is 2. The van der Waals surface area contributed by atoms with Crippen LogP contribution >= 0.6 is 24.8 Å². The minimum atomic E-state index is -0.0655. The summed E-state index contributed by atoms with van der Waals surface area (Å²) in [4.78, 5) is 17.7. The van der Waals surface area contributed by atoms with Crippen LogP contribution in [0.25, 0.3) is 22.2 Å². The molecule has 1 saturated heterocycles. The first-order valence-electron chi connectivity index (χ1n) is 9.57. The molecule has 1 aromatic heterocycles. The maximum atomic E-state index is 12.9. The number of carbonyl (C=O) groups excluding carboxylic acids is 1. The first kappa shape index (κ1) is 22.2. The highest BCUT2D eigenvalue weighted by atomic mass is 35.5. The molecule has 1 amide bonds. The van der Waals surface area contributed by atoms with Crippen LogP contribution < -0.4 is 20.1 Å². The van der Waals surface area contributed by atoms with E-state index >= 15 is 0 Å². The largest absolute Gasteiger partial charge is 0.486 e. The van der Waals surface area contributed by atoms with Crippen molar-refractivity contribution in [3.05, 3.63) is 54.1 Å². The van der Waals surface area contributed by atoms with Gasteiger partial charge in [0.25, 0.3) is 5.91 Å². The van der Waals surface area contributed by atoms with Gasteiger partial charge in [0.05, 0.1) is 16.8 Å². The number of para-hydroxylation sites is 1. The molecule has 1 fully saturated rings. The summed E-state index contributed by atoms with van der Waals surface area (Å²) in [5.74, 6) is 1.89. The molecule has 3 aromatic rings. The fourth-order valence-electron chi connectivity index (χ4n) is 3.54. The van der Waals surface area contributed by atoms with Crippen molar-refractivity contribution in [1.29, 1.82) is 0 Å². The number of nitrogens with zero attached hydrogens (tertiary/aromatic N) is 1. The van der Waals surface area contributed by atoms with E-state index in [9.17, 15) is 4.79 Å². The second kappa shape index (κ2) is 9.51. The number of fused-ring (bicyclic) bond motifs is 2. The van der Waals surface area contributed by atoms with Crippen molar-refractivity contribution in [1.82, 2.24) is 15.6 Å². The first-order valence-corrected chi connectivity index (χ1v) is 9.57. The summed E-state index contributed by atoms with van der Waals surface area (Å²) in [5.41, 5.74) is 3.08. The zero-order valence-corrected chi connectivity index (χ0v) is 17.9. The highest BCUT2D eigenvalue weighted by Gasteiger charge is 2.20. The molecule has 3 heterocycles. The quantitative estimate of drug-likeness (QED) is 0.640. The van der Waals surface area contributed by atoms with Gasteiger partial charge in [-0.1, -0.05) is 18.2 Å². The number of ether oxygens (including phenoxy) is 2. The van der Waals surface area contributed by atoms with Crippen LogP contribution in [0.3, 0.4) is 0 Å². The average Bonchev–Trinajstić information content (AvgIpc) is 2.71.